The summed E-state index contributed by atoms with van der Waals surface area (Å²) in [5.74, 6) is 1.98. The first-order chi connectivity index (χ1) is 16.2. The molecule has 0 spiro atoms. The van der Waals surface area contributed by atoms with Crippen LogP contribution in [0.4, 0.5) is 17.5 Å². The van der Waals surface area contributed by atoms with Crippen LogP contribution in [0.3, 0.4) is 0 Å². The van der Waals surface area contributed by atoms with E-state index in [1.54, 1.807) is 24.3 Å². The molecule has 1 aliphatic heterocycles. The molecule has 0 aliphatic carbocycles. The number of anilines is 3. The number of imidazole rings is 1. The number of nitrogens with one attached hydrogen (secondary N) is 1. The molecular formula is C24H25N7O2. The van der Waals surface area contributed by atoms with E-state index in [4.69, 9.17) is 19.4 Å². The maximum absolute atomic E-state index is 5.50. The van der Waals surface area contributed by atoms with Gasteiger partial charge in [-0.1, -0.05) is 35.9 Å². The normalized spacial score (nSPS) is 14.2. The third-order valence-electron chi connectivity index (χ3n) is 5.37. The molecule has 0 amide bonds. The highest BCUT2D eigenvalue weighted by atomic mass is 16.5. The number of aromatic nitrogens is 4. The minimum atomic E-state index is 0.610. The SMILES string of the molecule is COc1cccc(Nc2nc(N3CCOCC3)nc3c2ncn3N=Cc2cccc(C)c2)c1. The Bertz CT molecular complexity index is 1300. The zero-order chi connectivity index (χ0) is 22.6. The summed E-state index contributed by atoms with van der Waals surface area (Å²) >= 11 is 0. The number of morpholine rings is 1. The molecule has 3 heterocycles. The Morgan fingerprint density at radius 1 is 1.09 bits per heavy atom. The van der Waals surface area contributed by atoms with Gasteiger partial charge in [0.2, 0.25) is 5.95 Å². The van der Waals surface area contributed by atoms with E-state index in [0.717, 1.165) is 30.1 Å². The van der Waals surface area contributed by atoms with Crippen LogP contribution in [0.1, 0.15) is 11.1 Å². The molecule has 168 valence electrons. The van der Waals surface area contributed by atoms with Crippen molar-refractivity contribution in [2.45, 2.75) is 6.92 Å². The average Bonchev–Trinajstić information content (AvgIpc) is 3.27. The first kappa shape index (κ1) is 20.9. The van der Waals surface area contributed by atoms with E-state index in [-0.39, 0.29) is 0 Å². The number of fused-ring (bicyclic) bond motifs is 1. The van der Waals surface area contributed by atoms with E-state index in [9.17, 15) is 0 Å². The fraction of sp³-hybridized carbons (Fsp3) is 0.250. The van der Waals surface area contributed by atoms with Crippen LogP contribution in [-0.4, -0.2) is 59.3 Å². The second-order valence-electron chi connectivity index (χ2n) is 7.75. The van der Waals surface area contributed by atoms with Gasteiger partial charge in [-0.05, 0) is 24.6 Å². The lowest BCUT2D eigenvalue weighted by Gasteiger charge is -2.27. The third-order valence-corrected chi connectivity index (χ3v) is 5.37. The number of aryl methyl sites for hydroxylation is 1. The van der Waals surface area contributed by atoms with Gasteiger partial charge in [0.1, 0.15) is 12.1 Å². The van der Waals surface area contributed by atoms with E-state index in [1.807, 2.05) is 36.4 Å². The minimum absolute atomic E-state index is 0.610. The van der Waals surface area contributed by atoms with Gasteiger partial charge in [0.05, 0.1) is 26.5 Å². The molecule has 5 rings (SSSR count). The highest BCUT2D eigenvalue weighted by molar-refractivity contribution is 5.87. The molecule has 9 heteroatoms. The first-order valence-corrected chi connectivity index (χ1v) is 10.8. The summed E-state index contributed by atoms with van der Waals surface area (Å²) in [5, 5.41) is 7.99. The lowest BCUT2D eigenvalue weighted by atomic mass is 10.2. The minimum Gasteiger partial charge on any atom is -0.497 e. The van der Waals surface area contributed by atoms with Gasteiger partial charge >= 0.3 is 0 Å². The molecule has 0 atom stereocenters. The molecule has 0 unspecified atom stereocenters. The van der Waals surface area contributed by atoms with Crippen LogP contribution in [0, 0.1) is 6.92 Å². The van der Waals surface area contributed by atoms with Gasteiger partial charge in [-0.3, -0.25) is 0 Å². The molecule has 1 N–H and O–H groups in total. The number of hydrogen-bond acceptors (Lipinski definition) is 8. The second kappa shape index (κ2) is 9.25. The van der Waals surface area contributed by atoms with Gasteiger partial charge < -0.3 is 19.7 Å². The zero-order valence-electron chi connectivity index (χ0n) is 18.6. The standard InChI is InChI=1S/C24H25N7O2/c1-17-5-3-6-18(13-17)15-26-31-16-25-21-22(27-19-7-4-8-20(14-19)32-2)28-24(29-23(21)31)30-9-11-33-12-10-30/h3-8,13-16H,9-12H2,1-2H3,(H,27,28,29). The van der Waals surface area contributed by atoms with E-state index < -0.39 is 0 Å². The molecule has 4 aromatic rings. The Hall–Kier alpha value is -3.98. The summed E-state index contributed by atoms with van der Waals surface area (Å²) in [7, 11) is 1.65. The predicted molar refractivity (Wildman–Crippen MR) is 129 cm³/mol. The van der Waals surface area contributed by atoms with E-state index in [2.05, 4.69) is 39.4 Å². The van der Waals surface area contributed by atoms with Crippen molar-refractivity contribution in [2.75, 3.05) is 43.6 Å². The van der Waals surface area contributed by atoms with Crippen LogP contribution in [-0.2, 0) is 4.74 Å². The number of methoxy groups -OCH3 is 1. The van der Waals surface area contributed by atoms with Crippen molar-refractivity contribution in [3.05, 3.63) is 66.0 Å². The summed E-state index contributed by atoms with van der Waals surface area (Å²) < 4.78 is 12.5. The maximum atomic E-state index is 5.50. The van der Waals surface area contributed by atoms with Crippen molar-refractivity contribution in [3.8, 4) is 5.75 Å². The quantitative estimate of drug-likeness (QED) is 0.455. The second-order valence-corrected chi connectivity index (χ2v) is 7.75. The number of rotatable bonds is 6. The van der Waals surface area contributed by atoms with E-state index in [0.29, 0.717) is 36.1 Å². The van der Waals surface area contributed by atoms with Crippen LogP contribution in [0.2, 0.25) is 0 Å². The summed E-state index contributed by atoms with van der Waals surface area (Å²) in [6, 6.07) is 15.8. The molecule has 2 aromatic carbocycles. The first-order valence-electron chi connectivity index (χ1n) is 10.8. The molecule has 2 aromatic heterocycles. The van der Waals surface area contributed by atoms with Gasteiger partial charge in [-0.25, -0.2) is 9.66 Å². The molecule has 1 fully saturated rings. The van der Waals surface area contributed by atoms with Crippen LogP contribution in [0.15, 0.2) is 60.0 Å². The van der Waals surface area contributed by atoms with Crippen molar-refractivity contribution in [1.82, 2.24) is 19.6 Å². The van der Waals surface area contributed by atoms with Gasteiger partial charge in [-0.15, -0.1) is 0 Å². The van der Waals surface area contributed by atoms with Gasteiger partial charge in [-0.2, -0.15) is 15.1 Å². The smallest absolute Gasteiger partial charge is 0.229 e. The molecule has 1 aliphatic rings. The van der Waals surface area contributed by atoms with Crippen LogP contribution in [0.25, 0.3) is 11.2 Å². The molecule has 0 bridgehead atoms. The highest BCUT2D eigenvalue weighted by Crippen LogP contribution is 2.27. The molecule has 33 heavy (non-hydrogen) atoms. The van der Waals surface area contributed by atoms with E-state index >= 15 is 0 Å². The Kier molecular flexibility index (Phi) is 5.86. The average molecular weight is 444 g/mol. The third kappa shape index (κ3) is 4.63. The van der Waals surface area contributed by atoms with Crippen molar-refractivity contribution >= 4 is 34.8 Å². The lowest BCUT2D eigenvalue weighted by Crippen LogP contribution is -2.37. The van der Waals surface area contributed by atoms with Gasteiger partial charge in [0.25, 0.3) is 0 Å². The summed E-state index contributed by atoms with van der Waals surface area (Å²) in [5.41, 5.74) is 4.29. The monoisotopic (exact) mass is 443 g/mol. The van der Waals surface area contributed by atoms with Crippen LogP contribution in [0.5, 0.6) is 5.75 Å². The molecule has 0 radical (unpaired) electrons. The van der Waals surface area contributed by atoms with Crippen LogP contribution >= 0.6 is 0 Å². The van der Waals surface area contributed by atoms with E-state index in [1.165, 1.54) is 5.56 Å². The number of benzene rings is 2. The van der Waals surface area contributed by atoms with Crippen molar-refractivity contribution in [1.29, 1.82) is 0 Å². The highest BCUT2D eigenvalue weighted by Gasteiger charge is 2.19. The Balaban J connectivity index is 1.56. The Labute approximate surface area is 191 Å². The number of ether oxygens (including phenoxy) is 2. The van der Waals surface area contributed by atoms with Gasteiger partial charge in [0.15, 0.2) is 17.0 Å². The summed E-state index contributed by atoms with van der Waals surface area (Å²) in [6.07, 6.45) is 3.46. The molecule has 1 saturated heterocycles. The Morgan fingerprint density at radius 3 is 2.76 bits per heavy atom. The molecular weight excluding hydrogens is 418 g/mol. The maximum Gasteiger partial charge on any atom is 0.229 e. The largest absolute Gasteiger partial charge is 0.497 e. The van der Waals surface area contributed by atoms with Gasteiger partial charge in [0, 0.05) is 24.8 Å². The predicted octanol–water partition coefficient (Wildman–Crippen LogP) is 3.61. The number of nitrogens with zero attached hydrogens (tertiary/aromatic N) is 6. The molecule has 0 saturated carbocycles. The van der Waals surface area contributed by atoms with Crippen molar-refractivity contribution < 1.29 is 9.47 Å². The summed E-state index contributed by atoms with van der Waals surface area (Å²) in [6.45, 7) is 4.80. The topological polar surface area (TPSA) is 89.7 Å². The summed E-state index contributed by atoms with van der Waals surface area (Å²) in [4.78, 5) is 16.3. The fourth-order valence-corrected chi connectivity index (χ4v) is 3.67. The lowest BCUT2D eigenvalue weighted by molar-refractivity contribution is 0.122. The van der Waals surface area contributed by atoms with Crippen molar-refractivity contribution in [2.24, 2.45) is 5.10 Å². The molecule has 9 nitrogen and oxygen atoms in total. The fourth-order valence-electron chi connectivity index (χ4n) is 3.67. The van der Waals surface area contributed by atoms with Crippen molar-refractivity contribution in [3.63, 3.8) is 0 Å². The van der Waals surface area contributed by atoms with Crippen LogP contribution < -0.4 is 15.0 Å². The zero-order valence-corrected chi connectivity index (χ0v) is 18.6. The number of hydrogen-bond donors (Lipinski definition) is 1. The Morgan fingerprint density at radius 2 is 1.94 bits per heavy atom.